The predicted octanol–water partition coefficient (Wildman–Crippen LogP) is 3.33. The standard InChI is InChI=1S/C23H27FN6O/c1-4-28(5-2)17-11-13-29(15-17)22(31)19-14-26-30(16(19)3)23-25-12-10-21(27-23)18-8-6-7-9-20(18)24/h6-10,12,14,17H,4-5,11,13,15H2,1-3H3/t17-/m0/s1. The number of hydrogen-bond donors (Lipinski definition) is 0. The van der Waals surface area contributed by atoms with Gasteiger partial charge in [0, 0.05) is 30.9 Å². The zero-order valence-corrected chi connectivity index (χ0v) is 18.1. The number of hydrogen-bond acceptors (Lipinski definition) is 5. The molecule has 3 heterocycles. The molecular weight excluding hydrogens is 395 g/mol. The molecule has 8 heteroatoms. The van der Waals surface area contributed by atoms with E-state index in [1.54, 1.807) is 36.7 Å². The SMILES string of the molecule is CCN(CC)[C@H]1CCN(C(=O)c2cnn(-c3nccc(-c4ccccc4F)n3)c2C)C1. The van der Waals surface area contributed by atoms with Gasteiger partial charge in [-0.15, -0.1) is 0 Å². The van der Waals surface area contributed by atoms with Crippen LogP contribution in [0, 0.1) is 12.7 Å². The number of likely N-dealkylation sites (N-methyl/N-ethyl adjacent to an activating group) is 1. The van der Waals surface area contributed by atoms with Gasteiger partial charge in [-0.1, -0.05) is 26.0 Å². The Morgan fingerprint density at radius 1 is 1.23 bits per heavy atom. The van der Waals surface area contributed by atoms with E-state index in [2.05, 4.69) is 33.8 Å². The third kappa shape index (κ3) is 4.07. The normalized spacial score (nSPS) is 16.3. The van der Waals surface area contributed by atoms with E-state index < -0.39 is 0 Å². The van der Waals surface area contributed by atoms with Crippen molar-refractivity contribution in [1.29, 1.82) is 0 Å². The topological polar surface area (TPSA) is 67.2 Å². The molecule has 1 fully saturated rings. The average Bonchev–Trinajstić information content (AvgIpc) is 3.42. The lowest BCUT2D eigenvalue weighted by Gasteiger charge is -2.26. The summed E-state index contributed by atoms with van der Waals surface area (Å²) in [6.07, 6.45) is 4.12. The highest BCUT2D eigenvalue weighted by Crippen LogP contribution is 2.23. The Bertz CT molecular complexity index is 1080. The van der Waals surface area contributed by atoms with E-state index in [9.17, 15) is 9.18 Å². The summed E-state index contributed by atoms with van der Waals surface area (Å²) in [5.41, 5.74) is 2.07. The summed E-state index contributed by atoms with van der Waals surface area (Å²) in [6, 6.07) is 8.53. The number of rotatable bonds is 6. The maximum atomic E-state index is 14.2. The Morgan fingerprint density at radius 3 is 2.74 bits per heavy atom. The van der Waals surface area contributed by atoms with Crippen molar-refractivity contribution in [1.82, 2.24) is 29.5 Å². The van der Waals surface area contributed by atoms with Gasteiger partial charge in [0.2, 0.25) is 0 Å². The second-order valence-electron chi connectivity index (χ2n) is 7.69. The number of amides is 1. The van der Waals surface area contributed by atoms with Crippen molar-refractivity contribution in [3.05, 3.63) is 59.8 Å². The molecule has 3 aromatic rings. The molecule has 1 aliphatic rings. The Morgan fingerprint density at radius 2 is 2.00 bits per heavy atom. The lowest BCUT2D eigenvalue weighted by atomic mass is 10.1. The van der Waals surface area contributed by atoms with Crippen LogP contribution in [0.25, 0.3) is 17.2 Å². The predicted molar refractivity (Wildman–Crippen MR) is 117 cm³/mol. The number of nitrogens with zero attached hydrogens (tertiary/aromatic N) is 6. The molecule has 0 aliphatic carbocycles. The first-order chi connectivity index (χ1) is 15.0. The number of benzene rings is 1. The Labute approximate surface area is 181 Å². The van der Waals surface area contributed by atoms with Crippen LogP contribution in [0.15, 0.2) is 42.7 Å². The van der Waals surface area contributed by atoms with Crippen LogP contribution in [0.5, 0.6) is 0 Å². The molecule has 1 aliphatic heterocycles. The molecule has 1 atom stereocenters. The van der Waals surface area contributed by atoms with Gasteiger partial charge in [0.1, 0.15) is 5.82 Å². The van der Waals surface area contributed by atoms with Gasteiger partial charge >= 0.3 is 0 Å². The van der Waals surface area contributed by atoms with Gasteiger partial charge in [-0.2, -0.15) is 5.10 Å². The summed E-state index contributed by atoms with van der Waals surface area (Å²) in [7, 11) is 0. The minimum absolute atomic E-state index is 0.0244. The summed E-state index contributed by atoms with van der Waals surface area (Å²) >= 11 is 0. The molecule has 31 heavy (non-hydrogen) atoms. The van der Waals surface area contributed by atoms with Crippen molar-refractivity contribution in [3.63, 3.8) is 0 Å². The first kappa shape index (κ1) is 21.1. The fourth-order valence-corrected chi connectivity index (χ4v) is 4.23. The second-order valence-corrected chi connectivity index (χ2v) is 7.69. The summed E-state index contributed by atoms with van der Waals surface area (Å²) in [5, 5.41) is 4.36. The van der Waals surface area contributed by atoms with Crippen LogP contribution in [0.4, 0.5) is 4.39 Å². The Hall–Kier alpha value is -3.13. The molecule has 0 bridgehead atoms. The van der Waals surface area contributed by atoms with Crippen molar-refractivity contribution in [2.75, 3.05) is 26.2 Å². The first-order valence-corrected chi connectivity index (χ1v) is 10.7. The molecule has 1 saturated heterocycles. The third-order valence-electron chi connectivity index (χ3n) is 6.00. The molecular formula is C23H27FN6O. The zero-order chi connectivity index (χ0) is 22.0. The molecule has 0 N–H and O–H groups in total. The highest BCUT2D eigenvalue weighted by Gasteiger charge is 2.31. The molecule has 0 radical (unpaired) electrons. The third-order valence-corrected chi connectivity index (χ3v) is 6.00. The van der Waals surface area contributed by atoms with Gasteiger partial charge in [0.25, 0.3) is 11.9 Å². The average molecular weight is 423 g/mol. The van der Waals surface area contributed by atoms with E-state index in [-0.39, 0.29) is 11.7 Å². The number of halogens is 1. The van der Waals surface area contributed by atoms with E-state index in [1.165, 1.54) is 10.7 Å². The lowest BCUT2D eigenvalue weighted by Crippen LogP contribution is -2.38. The van der Waals surface area contributed by atoms with Crippen molar-refractivity contribution in [2.24, 2.45) is 0 Å². The van der Waals surface area contributed by atoms with Crippen LogP contribution in [-0.2, 0) is 0 Å². The van der Waals surface area contributed by atoms with Gasteiger partial charge in [0.05, 0.1) is 23.1 Å². The number of likely N-dealkylation sites (tertiary alicyclic amines) is 1. The lowest BCUT2D eigenvalue weighted by molar-refractivity contribution is 0.0777. The van der Waals surface area contributed by atoms with Crippen LogP contribution in [0.1, 0.15) is 36.3 Å². The van der Waals surface area contributed by atoms with Gasteiger partial charge in [0.15, 0.2) is 0 Å². The van der Waals surface area contributed by atoms with Crippen LogP contribution in [-0.4, -0.2) is 67.7 Å². The fraction of sp³-hybridized carbons (Fsp3) is 0.391. The molecule has 162 valence electrons. The van der Waals surface area contributed by atoms with Crippen LogP contribution in [0.2, 0.25) is 0 Å². The molecule has 2 aromatic heterocycles. The Balaban J connectivity index is 1.57. The van der Waals surface area contributed by atoms with E-state index in [0.29, 0.717) is 34.5 Å². The minimum atomic E-state index is -0.350. The van der Waals surface area contributed by atoms with E-state index in [1.807, 2.05) is 11.8 Å². The Kier molecular flexibility index (Phi) is 6.08. The summed E-state index contributed by atoms with van der Waals surface area (Å²) < 4.78 is 15.7. The van der Waals surface area contributed by atoms with E-state index in [4.69, 9.17) is 0 Å². The van der Waals surface area contributed by atoms with Crippen LogP contribution >= 0.6 is 0 Å². The van der Waals surface area contributed by atoms with Gasteiger partial charge in [-0.3, -0.25) is 9.69 Å². The smallest absolute Gasteiger partial charge is 0.257 e. The van der Waals surface area contributed by atoms with E-state index in [0.717, 1.165) is 32.6 Å². The van der Waals surface area contributed by atoms with E-state index >= 15 is 0 Å². The number of carbonyl (C=O) groups is 1. The minimum Gasteiger partial charge on any atom is -0.337 e. The highest BCUT2D eigenvalue weighted by atomic mass is 19.1. The summed E-state index contributed by atoms with van der Waals surface area (Å²) in [5.74, 6) is -0.0691. The second kappa shape index (κ2) is 8.93. The number of carbonyl (C=O) groups excluding carboxylic acids is 1. The summed E-state index contributed by atoms with van der Waals surface area (Å²) in [6.45, 7) is 9.56. The molecule has 7 nitrogen and oxygen atoms in total. The molecule has 1 aromatic carbocycles. The van der Waals surface area contributed by atoms with Crippen molar-refractivity contribution in [3.8, 4) is 17.2 Å². The van der Waals surface area contributed by atoms with Crippen LogP contribution in [0.3, 0.4) is 0 Å². The zero-order valence-electron chi connectivity index (χ0n) is 18.1. The van der Waals surface area contributed by atoms with Crippen molar-refractivity contribution in [2.45, 2.75) is 33.2 Å². The molecule has 0 unspecified atom stereocenters. The molecule has 0 saturated carbocycles. The summed E-state index contributed by atoms with van der Waals surface area (Å²) in [4.78, 5) is 26.2. The maximum Gasteiger partial charge on any atom is 0.257 e. The molecule has 1 amide bonds. The monoisotopic (exact) mass is 422 g/mol. The molecule has 0 spiro atoms. The quantitative estimate of drug-likeness (QED) is 0.610. The van der Waals surface area contributed by atoms with Gasteiger partial charge in [-0.05, 0) is 44.6 Å². The first-order valence-electron chi connectivity index (χ1n) is 10.7. The van der Waals surface area contributed by atoms with Crippen molar-refractivity contribution < 1.29 is 9.18 Å². The molecule has 4 rings (SSSR count). The van der Waals surface area contributed by atoms with Gasteiger partial charge < -0.3 is 4.90 Å². The van der Waals surface area contributed by atoms with Crippen LogP contribution < -0.4 is 0 Å². The maximum absolute atomic E-state index is 14.2. The highest BCUT2D eigenvalue weighted by molar-refractivity contribution is 5.95. The fourth-order valence-electron chi connectivity index (χ4n) is 4.23. The van der Waals surface area contributed by atoms with Crippen molar-refractivity contribution >= 4 is 5.91 Å². The number of aromatic nitrogens is 4. The van der Waals surface area contributed by atoms with Gasteiger partial charge in [-0.25, -0.2) is 19.0 Å². The largest absolute Gasteiger partial charge is 0.337 e.